The minimum Gasteiger partial charge on any atom is -0.389 e. The van der Waals surface area contributed by atoms with Crippen molar-refractivity contribution in [2.24, 2.45) is 5.92 Å². The number of hydrogen-bond donors (Lipinski definition) is 2. The van der Waals surface area contributed by atoms with Crippen molar-refractivity contribution in [1.82, 2.24) is 4.90 Å². The predicted molar refractivity (Wildman–Crippen MR) is 91.8 cm³/mol. The Kier molecular flexibility index (Phi) is 5.87. The fraction of sp³-hybridized carbons (Fsp3) is 0.789. The molecule has 2 aliphatic rings. The van der Waals surface area contributed by atoms with Crippen molar-refractivity contribution < 1.29 is 10.2 Å². The van der Waals surface area contributed by atoms with E-state index in [4.69, 9.17) is 0 Å². The lowest BCUT2D eigenvalue weighted by Gasteiger charge is -2.43. The van der Waals surface area contributed by atoms with Crippen LogP contribution >= 0.6 is 0 Å². The summed E-state index contributed by atoms with van der Waals surface area (Å²) in [5, 5.41) is 21.0. The van der Waals surface area contributed by atoms with E-state index >= 15 is 0 Å². The zero-order valence-electron chi connectivity index (χ0n) is 14.7. The van der Waals surface area contributed by atoms with Crippen LogP contribution in [0.25, 0.3) is 0 Å². The Morgan fingerprint density at radius 3 is 2.91 bits per heavy atom. The van der Waals surface area contributed by atoms with Crippen LogP contribution < -0.4 is 0 Å². The van der Waals surface area contributed by atoms with Gasteiger partial charge in [-0.3, -0.25) is 4.90 Å². The highest BCUT2D eigenvalue weighted by Crippen LogP contribution is 2.37. The van der Waals surface area contributed by atoms with Crippen molar-refractivity contribution in [2.75, 3.05) is 13.1 Å². The highest BCUT2D eigenvalue weighted by molar-refractivity contribution is 5.18. The predicted octanol–water partition coefficient (Wildman–Crippen LogP) is 3.28. The third-order valence-electron chi connectivity index (χ3n) is 5.24. The molecule has 2 saturated heterocycles. The molecule has 3 nitrogen and oxygen atoms in total. The van der Waals surface area contributed by atoms with Gasteiger partial charge in [-0.1, -0.05) is 31.6 Å². The van der Waals surface area contributed by atoms with Crippen LogP contribution in [0.4, 0.5) is 0 Å². The van der Waals surface area contributed by atoms with E-state index in [1.54, 1.807) is 0 Å². The van der Waals surface area contributed by atoms with E-state index < -0.39 is 5.60 Å². The van der Waals surface area contributed by atoms with E-state index in [0.29, 0.717) is 12.0 Å². The molecule has 0 saturated carbocycles. The molecule has 4 atom stereocenters. The average Bonchev–Trinajstić information content (AvgIpc) is 2.87. The van der Waals surface area contributed by atoms with E-state index in [1.807, 2.05) is 13.8 Å². The molecule has 0 aromatic heterocycles. The summed E-state index contributed by atoms with van der Waals surface area (Å²) in [6.07, 6.45) is 8.86. The van der Waals surface area contributed by atoms with E-state index in [2.05, 4.69) is 30.9 Å². The zero-order valence-corrected chi connectivity index (χ0v) is 14.7. The summed E-state index contributed by atoms with van der Waals surface area (Å²) in [4.78, 5) is 2.43. The number of piperidine rings is 1. The molecule has 22 heavy (non-hydrogen) atoms. The van der Waals surface area contributed by atoms with Gasteiger partial charge in [-0.05, 0) is 64.0 Å². The molecule has 0 radical (unpaired) electrons. The topological polar surface area (TPSA) is 43.7 Å². The molecule has 2 N–H and O–H groups in total. The third kappa shape index (κ3) is 4.21. The lowest BCUT2D eigenvalue weighted by atomic mass is 9.82. The van der Waals surface area contributed by atoms with Crippen LogP contribution in [0, 0.1) is 5.92 Å². The van der Waals surface area contributed by atoms with Gasteiger partial charge in [0.1, 0.15) is 0 Å². The maximum absolute atomic E-state index is 10.7. The van der Waals surface area contributed by atoms with Gasteiger partial charge < -0.3 is 10.2 Å². The van der Waals surface area contributed by atoms with Gasteiger partial charge in [0.15, 0.2) is 0 Å². The summed E-state index contributed by atoms with van der Waals surface area (Å²) in [5.74, 6) is 0.333. The Morgan fingerprint density at radius 1 is 1.50 bits per heavy atom. The second-order valence-electron chi connectivity index (χ2n) is 7.57. The van der Waals surface area contributed by atoms with Crippen LogP contribution in [0.2, 0.25) is 0 Å². The lowest BCUT2D eigenvalue weighted by Crippen LogP contribution is -2.52. The standard InChI is InChI=1S/C19H33NO2/c1-5-7-15(3)17(21)11-14(2)10-16-12-19(4,22)18-8-6-9-20(18)13-16/h7,10,14,17-18,21-22H,5-6,8-9,11-13H2,1-4H3/t14-,17+,18-,19-/m0/s1. The van der Waals surface area contributed by atoms with Crippen molar-refractivity contribution in [2.45, 2.75) is 77.5 Å². The lowest BCUT2D eigenvalue weighted by molar-refractivity contribution is -0.0330. The first kappa shape index (κ1) is 17.7. The first-order valence-corrected chi connectivity index (χ1v) is 8.84. The highest BCUT2D eigenvalue weighted by atomic mass is 16.3. The van der Waals surface area contributed by atoms with Gasteiger partial charge in [-0.2, -0.15) is 0 Å². The summed E-state index contributed by atoms with van der Waals surface area (Å²) < 4.78 is 0. The first-order chi connectivity index (χ1) is 10.3. The van der Waals surface area contributed by atoms with Crippen molar-refractivity contribution in [3.8, 4) is 0 Å². The molecule has 0 aromatic carbocycles. The van der Waals surface area contributed by atoms with Crippen LogP contribution in [-0.4, -0.2) is 45.9 Å². The molecule has 0 amide bonds. The monoisotopic (exact) mass is 307 g/mol. The first-order valence-electron chi connectivity index (χ1n) is 8.84. The molecule has 0 spiro atoms. The molecule has 2 fully saturated rings. The molecule has 0 bridgehead atoms. The number of hydrogen-bond acceptors (Lipinski definition) is 3. The minimum atomic E-state index is -0.600. The maximum Gasteiger partial charge on any atom is 0.0811 e. The van der Waals surface area contributed by atoms with Crippen LogP contribution in [0.15, 0.2) is 23.3 Å². The molecule has 0 unspecified atom stereocenters. The van der Waals surface area contributed by atoms with Crippen molar-refractivity contribution in [3.63, 3.8) is 0 Å². The van der Waals surface area contributed by atoms with Crippen LogP contribution in [0.3, 0.4) is 0 Å². The summed E-state index contributed by atoms with van der Waals surface area (Å²) in [5.41, 5.74) is 1.81. The summed E-state index contributed by atoms with van der Waals surface area (Å²) >= 11 is 0. The van der Waals surface area contributed by atoms with Crippen LogP contribution in [-0.2, 0) is 0 Å². The summed E-state index contributed by atoms with van der Waals surface area (Å²) in [6.45, 7) is 10.3. The summed E-state index contributed by atoms with van der Waals surface area (Å²) in [7, 11) is 0. The van der Waals surface area contributed by atoms with Gasteiger partial charge in [0.25, 0.3) is 0 Å². The van der Waals surface area contributed by atoms with Gasteiger partial charge in [0.2, 0.25) is 0 Å². The number of aliphatic hydroxyl groups excluding tert-OH is 1. The Hall–Kier alpha value is -0.640. The van der Waals surface area contributed by atoms with E-state index in [1.165, 1.54) is 12.0 Å². The van der Waals surface area contributed by atoms with Gasteiger partial charge in [-0.25, -0.2) is 0 Å². The Morgan fingerprint density at radius 2 is 2.23 bits per heavy atom. The molecule has 3 heteroatoms. The van der Waals surface area contributed by atoms with Gasteiger partial charge in [0, 0.05) is 12.6 Å². The van der Waals surface area contributed by atoms with E-state index in [-0.39, 0.29) is 6.10 Å². The number of nitrogens with zero attached hydrogens (tertiary/aromatic N) is 1. The quantitative estimate of drug-likeness (QED) is 0.766. The molecular formula is C19H33NO2. The molecule has 0 aromatic rings. The van der Waals surface area contributed by atoms with Crippen LogP contribution in [0.5, 0.6) is 0 Å². The SMILES string of the molecule is CCC=C(C)[C@H](O)C[C@@H](C)C=C1CN2CCC[C@H]2[C@@](C)(O)C1. The normalized spacial score (nSPS) is 34.7. The Labute approximate surface area is 135 Å². The van der Waals surface area contributed by atoms with E-state index in [9.17, 15) is 10.2 Å². The van der Waals surface area contributed by atoms with E-state index in [0.717, 1.165) is 44.3 Å². The highest BCUT2D eigenvalue weighted by Gasteiger charge is 2.43. The number of fused-ring (bicyclic) bond motifs is 1. The molecule has 0 aliphatic carbocycles. The fourth-order valence-corrected chi connectivity index (χ4v) is 4.19. The number of aliphatic hydroxyl groups is 2. The minimum absolute atomic E-state index is 0.333. The summed E-state index contributed by atoms with van der Waals surface area (Å²) in [6, 6.07) is 0.334. The largest absolute Gasteiger partial charge is 0.389 e. The van der Waals surface area contributed by atoms with Crippen molar-refractivity contribution >= 4 is 0 Å². The maximum atomic E-state index is 10.7. The van der Waals surface area contributed by atoms with Gasteiger partial charge >= 0.3 is 0 Å². The van der Waals surface area contributed by atoms with Crippen LogP contribution in [0.1, 0.15) is 59.8 Å². The molecule has 2 aliphatic heterocycles. The zero-order chi connectivity index (χ0) is 16.3. The fourth-order valence-electron chi connectivity index (χ4n) is 4.19. The average molecular weight is 307 g/mol. The number of allylic oxidation sites excluding steroid dienone is 2. The van der Waals surface area contributed by atoms with Gasteiger partial charge in [-0.15, -0.1) is 0 Å². The number of rotatable bonds is 5. The Balaban J connectivity index is 1.98. The second-order valence-corrected chi connectivity index (χ2v) is 7.57. The van der Waals surface area contributed by atoms with Crippen molar-refractivity contribution in [1.29, 1.82) is 0 Å². The van der Waals surface area contributed by atoms with Gasteiger partial charge in [0.05, 0.1) is 11.7 Å². The molecule has 126 valence electrons. The molecular weight excluding hydrogens is 274 g/mol. The molecule has 2 heterocycles. The second kappa shape index (κ2) is 7.29. The Bertz CT molecular complexity index is 439. The third-order valence-corrected chi connectivity index (χ3v) is 5.24. The molecule has 2 rings (SSSR count). The van der Waals surface area contributed by atoms with Crippen molar-refractivity contribution in [3.05, 3.63) is 23.3 Å². The smallest absolute Gasteiger partial charge is 0.0811 e.